The third-order valence-electron chi connectivity index (χ3n) is 4.95. The molecule has 1 amide bonds. The molecular weight excluding hydrogens is 553 g/mol. The first kappa shape index (κ1) is 26.8. The molecule has 0 aliphatic carbocycles. The third kappa shape index (κ3) is 7.10. The summed E-state index contributed by atoms with van der Waals surface area (Å²) in [4.78, 5) is 24.4. The molecule has 0 aliphatic heterocycles. The molecule has 8 heteroatoms. The fraction of sp³-hybridized carbons (Fsp3) is 0.185. The van der Waals surface area contributed by atoms with Crippen LogP contribution in [0.25, 0.3) is 6.08 Å². The van der Waals surface area contributed by atoms with E-state index in [0.717, 1.165) is 5.56 Å². The Hall–Kier alpha value is -2.80. The number of benzene rings is 3. The molecule has 35 heavy (non-hydrogen) atoms. The lowest BCUT2D eigenvalue weighted by Crippen LogP contribution is -2.17. The van der Waals surface area contributed by atoms with Gasteiger partial charge in [-0.2, -0.15) is 0 Å². The first-order chi connectivity index (χ1) is 16.7. The topological polar surface area (TPSA) is 64.6 Å². The Labute approximate surface area is 223 Å². The van der Waals surface area contributed by atoms with Crippen LogP contribution in [0.15, 0.2) is 65.1 Å². The lowest BCUT2D eigenvalue weighted by Gasteiger charge is -2.16. The maximum atomic E-state index is 12.4. The predicted octanol–water partition coefficient (Wildman–Crippen LogP) is 8.32. The van der Waals surface area contributed by atoms with Crippen LogP contribution in [0.1, 0.15) is 31.9 Å². The van der Waals surface area contributed by atoms with Gasteiger partial charge < -0.3 is 14.8 Å². The van der Waals surface area contributed by atoms with Gasteiger partial charge in [-0.05, 0) is 52.2 Å². The average Bonchev–Trinajstić information content (AvgIpc) is 2.82. The van der Waals surface area contributed by atoms with E-state index in [1.807, 2.05) is 51.1 Å². The molecule has 0 unspecified atom stereocenters. The van der Waals surface area contributed by atoms with Gasteiger partial charge in [-0.1, -0.05) is 74.3 Å². The van der Waals surface area contributed by atoms with Crippen molar-refractivity contribution in [3.8, 4) is 17.2 Å². The Bertz CT molecular complexity index is 1260. The predicted molar refractivity (Wildman–Crippen MR) is 145 cm³/mol. The summed E-state index contributed by atoms with van der Waals surface area (Å²) >= 11 is 16.5. The molecule has 5 nitrogen and oxygen atoms in total. The zero-order chi connectivity index (χ0) is 25.5. The van der Waals surface area contributed by atoms with Gasteiger partial charge in [0.15, 0.2) is 5.75 Å². The zero-order valence-corrected chi connectivity index (χ0v) is 22.5. The molecule has 0 spiro atoms. The lowest BCUT2D eigenvalue weighted by molar-refractivity contribution is -0.129. The minimum absolute atomic E-state index is 0.0956. The van der Waals surface area contributed by atoms with E-state index in [4.69, 9.17) is 32.7 Å². The van der Waals surface area contributed by atoms with Crippen LogP contribution in [-0.2, 0) is 16.0 Å². The summed E-state index contributed by atoms with van der Waals surface area (Å²) in [7, 11) is 0. The van der Waals surface area contributed by atoms with Gasteiger partial charge in [0.05, 0.1) is 15.7 Å². The van der Waals surface area contributed by atoms with Crippen LogP contribution in [0.3, 0.4) is 0 Å². The highest BCUT2D eigenvalue weighted by Crippen LogP contribution is 2.44. The Balaban J connectivity index is 1.81. The lowest BCUT2D eigenvalue weighted by atomic mass is 10.1. The van der Waals surface area contributed by atoms with Crippen molar-refractivity contribution in [1.29, 1.82) is 0 Å². The van der Waals surface area contributed by atoms with E-state index in [1.165, 1.54) is 12.1 Å². The number of anilines is 1. The van der Waals surface area contributed by atoms with Crippen LogP contribution in [0.5, 0.6) is 17.2 Å². The van der Waals surface area contributed by atoms with E-state index in [-0.39, 0.29) is 33.4 Å². The van der Waals surface area contributed by atoms with Gasteiger partial charge in [0.1, 0.15) is 11.5 Å². The van der Waals surface area contributed by atoms with Crippen molar-refractivity contribution in [1.82, 2.24) is 0 Å². The van der Waals surface area contributed by atoms with E-state index < -0.39 is 5.97 Å². The quantitative estimate of drug-likeness (QED) is 0.166. The summed E-state index contributed by atoms with van der Waals surface area (Å²) in [6.07, 6.45) is 3.50. The van der Waals surface area contributed by atoms with Crippen molar-refractivity contribution >= 4 is 62.8 Å². The molecule has 3 aromatic carbocycles. The summed E-state index contributed by atoms with van der Waals surface area (Å²) in [5, 5.41) is 3.28. The SMILES string of the molecule is CCc1c(OC(=O)C=Cc2ccccc2)cc(Cl)c(Oc2ccc(NC(=O)C(C)C)c(Br)c2)c1Cl. The number of halogens is 3. The van der Waals surface area contributed by atoms with Crippen molar-refractivity contribution in [3.63, 3.8) is 0 Å². The zero-order valence-electron chi connectivity index (χ0n) is 19.4. The molecule has 0 heterocycles. The average molecular weight is 577 g/mol. The van der Waals surface area contributed by atoms with E-state index in [2.05, 4.69) is 21.2 Å². The Morgan fingerprint density at radius 2 is 1.80 bits per heavy atom. The van der Waals surface area contributed by atoms with Crippen molar-refractivity contribution in [2.45, 2.75) is 27.2 Å². The molecule has 3 aromatic rings. The molecule has 1 N–H and O–H groups in total. The van der Waals surface area contributed by atoms with Crippen molar-refractivity contribution in [2.24, 2.45) is 5.92 Å². The summed E-state index contributed by atoms with van der Waals surface area (Å²) in [5.74, 6) is 0.181. The molecule has 0 bridgehead atoms. The molecule has 0 atom stereocenters. The largest absolute Gasteiger partial charge is 0.454 e. The maximum Gasteiger partial charge on any atom is 0.336 e. The van der Waals surface area contributed by atoms with E-state index in [1.54, 1.807) is 24.3 Å². The van der Waals surface area contributed by atoms with Crippen LogP contribution < -0.4 is 14.8 Å². The number of ether oxygens (including phenoxy) is 2. The first-order valence-electron chi connectivity index (χ1n) is 10.9. The summed E-state index contributed by atoms with van der Waals surface area (Å²) < 4.78 is 12.1. The number of amides is 1. The third-order valence-corrected chi connectivity index (χ3v) is 6.29. The number of carbonyl (C=O) groups excluding carboxylic acids is 2. The highest BCUT2D eigenvalue weighted by molar-refractivity contribution is 9.10. The molecule has 3 rings (SSSR count). The van der Waals surface area contributed by atoms with Crippen LogP contribution in [0.4, 0.5) is 5.69 Å². The first-order valence-corrected chi connectivity index (χ1v) is 12.5. The van der Waals surface area contributed by atoms with Gasteiger partial charge in [0.2, 0.25) is 5.91 Å². The number of carbonyl (C=O) groups is 2. The second-order valence-corrected chi connectivity index (χ2v) is 9.52. The standard InChI is InChI=1S/C27H24BrCl2NO4/c1-4-19-23(35-24(32)13-10-17-8-6-5-7-9-17)15-21(29)26(25(19)30)34-18-11-12-22(20(28)14-18)31-27(33)16(2)3/h5-16H,4H2,1-3H3,(H,31,33). The minimum atomic E-state index is -0.549. The number of nitrogens with one attached hydrogen (secondary N) is 1. The molecular formula is C27H24BrCl2NO4. The molecule has 0 aliphatic rings. The van der Waals surface area contributed by atoms with Gasteiger partial charge in [-0.25, -0.2) is 4.79 Å². The number of esters is 1. The summed E-state index contributed by atoms with van der Waals surface area (Å²) in [5.41, 5.74) is 2.08. The van der Waals surface area contributed by atoms with Gasteiger partial charge in [0, 0.05) is 28.1 Å². The summed E-state index contributed by atoms with van der Waals surface area (Å²) in [6.45, 7) is 5.52. The van der Waals surface area contributed by atoms with Crippen LogP contribution in [0, 0.1) is 5.92 Å². The molecule has 0 radical (unpaired) electrons. The van der Waals surface area contributed by atoms with Crippen LogP contribution in [-0.4, -0.2) is 11.9 Å². The van der Waals surface area contributed by atoms with Crippen LogP contribution in [0.2, 0.25) is 10.0 Å². The molecule has 0 fully saturated rings. The fourth-order valence-corrected chi connectivity index (χ4v) is 4.16. The van der Waals surface area contributed by atoms with Gasteiger partial charge in [0.25, 0.3) is 0 Å². The second kappa shape index (κ2) is 12.2. The van der Waals surface area contributed by atoms with E-state index >= 15 is 0 Å². The molecule has 0 aromatic heterocycles. The Morgan fingerprint density at radius 3 is 2.43 bits per heavy atom. The molecule has 0 saturated carbocycles. The van der Waals surface area contributed by atoms with Crippen molar-refractivity contribution < 1.29 is 19.1 Å². The van der Waals surface area contributed by atoms with Gasteiger partial charge in [-0.3, -0.25) is 4.79 Å². The second-order valence-electron chi connectivity index (χ2n) is 7.88. The molecule has 0 saturated heterocycles. The minimum Gasteiger partial charge on any atom is -0.454 e. The Morgan fingerprint density at radius 1 is 1.09 bits per heavy atom. The van der Waals surface area contributed by atoms with Crippen molar-refractivity contribution in [2.75, 3.05) is 5.32 Å². The smallest absolute Gasteiger partial charge is 0.336 e. The van der Waals surface area contributed by atoms with E-state index in [9.17, 15) is 9.59 Å². The van der Waals surface area contributed by atoms with Crippen molar-refractivity contribution in [3.05, 3.63) is 86.3 Å². The number of hydrogen-bond donors (Lipinski definition) is 1. The fourth-order valence-electron chi connectivity index (χ4n) is 3.06. The van der Waals surface area contributed by atoms with Gasteiger partial charge >= 0.3 is 5.97 Å². The number of rotatable bonds is 8. The Kier molecular flexibility index (Phi) is 9.38. The highest BCUT2D eigenvalue weighted by Gasteiger charge is 2.20. The maximum absolute atomic E-state index is 12.4. The molecule has 182 valence electrons. The highest BCUT2D eigenvalue weighted by atomic mass is 79.9. The summed E-state index contributed by atoms with van der Waals surface area (Å²) in [6, 6.07) is 16.1. The number of hydrogen-bond acceptors (Lipinski definition) is 4. The normalized spacial score (nSPS) is 11.1. The van der Waals surface area contributed by atoms with Crippen LogP contribution >= 0.6 is 39.1 Å². The van der Waals surface area contributed by atoms with E-state index in [0.29, 0.717) is 27.9 Å². The monoisotopic (exact) mass is 575 g/mol. The van der Waals surface area contributed by atoms with Gasteiger partial charge in [-0.15, -0.1) is 0 Å².